The minimum absolute atomic E-state index is 0.116. The van der Waals surface area contributed by atoms with Gasteiger partial charge in [-0.2, -0.15) is 0 Å². The van der Waals surface area contributed by atoms with E-state index in [1.165, 1.54) is 12.1 Å². The van der Waals surface area contributed by atoms with Crippen LogP contribution in [0.4, 0.5) is 5.69 Å². The van der Waals surface area contributed by atoms with Crippen LogP contribution in [0.2, 0.25) is 0 Å². The van der Waals surface area contributed by atoms with Crippen LogP contribution in [0.3, 0.4) is 0 Å². The van der Waals surface area contributed by atoms with E-state index < -0.39 is 4.92 Å². The van der Waals surface area contributed by atoms with Crippen LogP contribution in [0.15, 0.2) is 48.7 Å². The first-order valence-electron chi connectivity index (χ1n) is 8.77. The lowest BCUT2D eigenvalue weighted by Crippen LogP contribution is -2.38. The molecular formula is C19H22N4O3. The fraction of sp³-hybridized carbons (Fsp3) is 0.368. The third-order valence-corrected chi connectivity index (χ3v) is 4.72. The number of piperidine rings is 1. The van der Waals surface area contributed by atoms with Gasteiger partial charge in [-0.1, -0.05) is 18.2 Å². The molecule has 2 aromatic rings. The van der Waals surface area contributed by atoms with Gasteiger partial charge in [-0.15, -0.1) is 0 Å². The summed E-state index contributed by atoms with van der Waals surface area (Å²) in [5.41, 5.74) is 1.02. The van der Waals surface area contributed by atoms with Crippen LogP contribution in [0, 0.1) is 16.0 Å². The van der Waals surface area contributed by atoms with E-state index in [2.05, 4.69) is 15.2 Å². The fourth-order valence-electron chi connectivity index (χ4n) is 3.23. The van der Waals surface area contributed by atoms with Gasteiger partial charge in [-0.3, -0.25) is 24.8 Å². The summed E-state index contributed by atoms with van der Waals surface area (Å²) in [5, 5.41) is 13.9. The highest BCUT2D eigenvalue weighted by molar-refractivity contribution is 5.98. The van der Waals surface area contributed by atoms with Crippen molar-refractivity contribution < 1.29 is 9.72 Å². The Balaban J connectivity index is 1.47. The molecule has 1 saturated heterocycles. The number of benzene rings is 1. The summed E-state index contributed by atoms with van der Waals surface area (Å²) in [6, 6.07) is 12.0. The van der Waals surface area contributed by atoms with Crippen LogP contribution in [0.25, 0.3) is 0 Å². The summed E-state index contributed by atoms with van der Waals surface area (Å²) in [4.78, 5) is 29.5. The zero-order valence-corrected chi connectivity index (χ0v) is 14.5. The molecule has 0 bridgehead atoms. The third kappa shape index (κ3) is 4.64. The Hall–Kier alpha value is -2.80. The molecule has 0 spiro atoms. The molecule has 136 valence electrons. The Morgan fingerprint density at radius 1 is 1.19 bits per heavy atom. The van der Waals surface area contributed by atoms with Crippen LogP contribution in [-0.4, -0.2) is 40.3 Å². The molecule has 1 N–H and O–H groups in total. The van der Waals surface area contributed by atoms with E-state index in [9.17, 15) is 14.9 Å². The fourth-order valence-corrected chi connectivity index (χ4v) is 3.23. The van der Waals surface area contributed by atoms with Crippen LogP contribution >= 0.6 is 0 Å². The minimum Gasteiger partial charge on any atom is -0.352 e. The van der Waals surface area contributed by atoms with Gasteiger partial charge in [0.25, 0.3) is 11.6 Å². The SMILES string of the molecule is O=C(NCC1CCN(Cc2ccccn2)CC1)c1ccccc1[N+](=O)[O-]. The van der Waals surface area contributed by atoms with Crippen molar-refractivity contribution in [1.82, 2.24) is 15.2 Å². The lowest BCUT2D eigenvalue weighted by molar-refractivity contribution is -0.385. The molecule has 26 heavy (non-hydrogen) atoms. The molecule has 1 aliphatic heterocycles. The van der Waals surface area contributed by atoms with Gasteiger partial charge in [-0.05, 0) is 50.0 Å². The van der Waals surface area contributed by atoms with Crippen molar-refractivity contribution in [2.45, 2.75) is 19.4 Å². The van der Waals surface area contributed by atoms with Crippen molar-refractivity contribution >= 4 is 11.6 Å². The molecule has 1 fully saturated rings. The second-order valence-corrected chi connectivity index (χ2v) is 6.52. The van der Waals surface area contributed by atoms with Crippen molar-refractivity contribution in [3.05, 3.63) is 70.0 Å². The second kappa shape index (κ2) is 8.53. The topological polar surface area (TPSA) is 88.4 Å². The Morgan fingerprint density at radius 2 is 1.92 bits per heavy atom. The summed E-state index contributed by atoms with van der Waals surface area (Å²) < 4.78 is 0. The van der Waals surface area contributed by atoms with E-state index in [1.807, 2.05) is 18.2 Å². The van der Waals surface area contributed by atoms with Gasteiger partial charge >= 0.3 is 0 Å². The van der Waals surface area contributed by atoms with Gasteiger partial charge in [0.1, 0.15) is 5.56 Å². The summed E-state index contributed by atoms with van der Waals surface area (Å²) in [6.45, 7) is 3.31. The maximum atomic E-state index is 12.3. The molecule has 0 saturated carbocycles. The molecular weight excluding hydrogens is 332 g/mol. The normalized spacial score (nSPS) is 15.5. The van der Waals surface area contributed by atoms with Crippen molar-refractivity contribution in [3.8, 4) is 0 Å². The molecule has 0 aliphatic carbocycles. The Kier molecular flexibility index (Phi) is 5.91. The largest absolute Gasteiger partial charge is 0.352 e. The number of pyridine rings is 1. The number of aromatic nitrogens is 1. The van der Waals surface area contributed by atoms with Gasteiger partial charge in [0.15, 0.2) is 0 Å². The zero-order chi connectivity index (χ0) is 18.4. The molecule has 7 nitrogen and oxygen atoms in total. The number of nitrogens with zero attached hydrogens (tertiary/aromatic N) is 3. The molecule has 1 amide bonds. The van der Waals surface area contributed by atoms with E-state index in [1.54, 1.807) is 18.3 Å². The number of nitro benzene ring substituents is 1. The van der Waals surface area contributed by atoms with Crippen LogP contribution in [-0.2, 0) is 6.54 Å². The number of carbonyl (C=O) groups excluding carboxylic acids is 1. The van der Waals surface area contributed by atoms with Gasteiger partial charge in [0, 0.05) is 25.4 Å². The molecule has 3 rings (SSSR count). The predicted octanol–water partition coefficient (Wildman–Crippen LogP) is 2.63. The first kappa shape index (κ1) is 18.0. The molecule has 1 aromatic carbocycles. The maximum absolute atomic E-state index is 12.3. The van der Waals surface area contributed by atoms with Crippen LogP contribution in [0.5, 0.6) is 0 Å². The van der Waals surface area contributed by atoms with Crippen molar-refractivity contribution in [3.63, 3.8) is 0 Å². The molecule has 0 unspecified atom stereocenters. The highest BCUT2D eigenvalue weighted by Gasteiger charge is 2.22. The third-order valence-electron chi connectivity index (χ3n) is 4.72. The van der Waals surface area contributed by atoms with Crippen molar-refractivity contribution in [2.24, 2.45) is 5.92 Å². The highest BCUT2D eigenvalue weighted by atomic mass is 16.6. The number of para-hydroxylation sites is 1. The number of hydrogen-bond donors (Lipinski definition) is 1. The van der Waals surface area contributed by atoms with Crippen LogP contribution < -0.4 is 5.32 Å². The predicted molar refractivity (Wildman–Crippen MR) is 97.7 cm³/mol. The molecule has 0 radical (unpaired) electrons. The number of nitrogens with one attached hydrogen (secondary N) is 1. The smallest absolute Gasteiger partial charge is 0.282 e. The van der Waals surface area contributed by atoms with Gasteiger partial charge < -0.3 is 5.32 Å². The summed E-state index contributed by atoms with van der Waals surface area (Å²) in [6.07, 6.45) is 3.79. The molecule has 1 aliphatic rings. The first-order chi connectivity index (χ1) is 12.6. The summed E-state index contributed by atoms with van der Waals surface area (Å²) >= 11 is 0. The van der Waals surface area contributed by atoms with Crippen LogP contribution in [0.1, 0.15) is 28.9 Å². The van der Waals surface area contributed by atoms with Gasteiger partial charge in [-0.25, -0.2) is 0 Å². The van der Waals surface area contributed by atoms with E-state index in [-0.39, 0.29) is 17.2 Å². The lowest BCUT2D eigenvalue weighted by atomic mass is 9.96. The average molecular weight is 354 g/mol. The average Bonchev–Trinajstić information content (AvgIpc) is 2.68. The molecule has 1 aromatic heterocycles. The van der Waals surface area contributed by atoms with Gasteiger partial charge in [0.05, 0.1) is 10.6 Å². The number of amides is 1. The molecule has 0 atom stereocenters. The minimum atomic E-state index is -0.523. The Labute approximate surface area is 152 Å². The highest BCUT2D eigenvalue weighted by Crippen LogP contribution is 2.20. The van der Waals surface area contributed by atoms with E-state index in [0.717, 1.165) is 38.2 Å². The first-order valence-corrected chi connectivity index (χ1v) is 8.77. The quantitative estimate of drug-likeness (QED) is 0.636. The summed E-state index contributed by atoms with van der Waals surface area (Å²) in [7, 11) is 0. The number of rotatable bonds is 6. The second-order valence-electron chi connectivity index (χ2n) is 6.52. The number of hydrogen-bond acceptors (Lipinski definition) is 5. The van der Waals surface area contributed by atoms with E-state index in [4.69, 9.17) is 0 Å². The van der Waals surface area contributed by atoms with E-state index in [0.29, 0.717) is 12.5 Å². The number of likely N-dealkylation sites (tertiary alicyclic amines) is 1. The number of carbonyl (C=O) groups is 1. The Bertz CT molecular complexity index is 758. The number of nitro groups is 1. The molecule has 7 heteroatoms. The van der Waals surface area contributed by atoms with E-state index >= 15 is 0 Å². The molecule has 2 heterocycles. The van der Waals surface area contributed by atoms with Gasteiger partial charge in [0.2, 0.25) is 0 Å². The zero-order valence-electron chi connectivity index (χ0n) is 14.5. The Morgan fingerprint density at radius 3 is 2.62 bits per heavy atom. The lowest BCUT2D eigenvalue weighted by Gasteiger charge is -2.31. The standard InChI is InChI=1S/C19H22N4O3/c24-19(17-6-1-2-7-18(17)23(25)26)21-13-15-8-11-22(12-9-15)14-16-5-3-4-10-20-16/h1-7,10,15H,8-9,11-14H2,(H,21,24). The summed E-state index contributed by atoms with van der Waals surface area (Å²) in [5.74, 6) is 0.00918. The van der Waals surface area contributed by atoms with Crippen molar-refractivity contribution in [2.75, 3.05) is 19.6 Å². The van der Waals surface area contributed by atoms with Crippen molar-refractivity contribution in [1.29, 1.82) is 0 Å². The monoisotopic (exact) mass is 354 g/mol. The maximum Gasteiger partial charge on any atom is 0.282 e.